The Labute approximate surface area is 139 Å². The van der Waals surface area contributed by atoms with Crippen molar-refractivity contribution in [3.63, 3.8) is 0 Å². The molecule has 24 heavy (non-hydrogen) atoms. The minimum absolute atomic E-state index is 0.384. The lowest BCUT2D eigenvalue weighted by molar-refractivity contribution is 0.0601. The number of aromatic nitrogens is 1. The largest absolute Gasteiger partial charge is 0.465 e. The van der Waals surface area contributed by atoms with Crippen LogP contribution in [0.2, 0.25) is 0 Å². The first-order valence-corrected chi connectivity index (χ1v) is 8.05. The van der Waals surface area contributed by atoms with E-state index in [1.807, 2.05) is 0 Å². The van der Waals surface area contributed by atoms with Crippen molar-refractivity contribution in [2.45, 2.75) is 18.8 Å². The zero-order chi connectivity index (χ0) is 16.5. The Morgan fingerprint density at radius 2 is 2.21 bits per heavy atom. The lowest BCUT2D eigenvalue weighted by atomic mass is 10.0. The van der Waals surface area contributed by atoms with Crippen LogP contribution in [-0.2, 0) is 11.2 Å². The molecule has 1 atom stereocenters. The standard InChI is InChI=1S/C19H18N2O3/c1-23-18(22)13-8-9-16-17(10-13)24-19(21-16)20-11-14-7-6-12-4-2-3-5-15(12)14/h2-5,8-10,14H,6-7,11H2,1H3,(H,20,21). The van der Waals surface area contributed by atoms with Gasteiger partial charge >= 0.3 is 5.97 Å². The summed E-state index contributed by atoms with van der Waals surface area (Å²) in [4.78, 5) is 16.0. The number of carbonyl (C=O) groups is 1. The maximum atomic E-state index is 11.6. The molecule has 5 nitrogen and oxygen atoms in total. The maximum Gasteiger partial charge on any atom is 0.337 e. The number of hydrogen-bond donors (Lipinski definition) is 1. The Morgan fingerprint density at radius 1 is 1.33 bits per heavy atom. The number of nitrogens with zero attached hydrogens (tertiary/aromatic N) is 1. The summed E-state index contributed by atoms with van der Waals surface area (Å²) in [5, 5.41) is 3.29. The van der Waals surface area contributed by atoms with Gasteiger partial charge in [-0.25, -0.2) is 4.79 Å². The van der Waals surface area contributed by atoms with E-state index in [-0.39, 0.29) is 5.97 Å². The Morgan fingerprint density at radius 3 is 3.08 bits per heavy atom. The molecule has 2 aromatic carbocycles. The van der Waals surface area contributed by atoms with Crippen molar-refractivity contribution in [2.75, 3.05) is 19.0 Å². The maximum absolute atomic E-state index is 11.6. The van der Waals surface area contributed by atoms with Crippen LogP contribution in [0.25, 0.3) is 11.1 Å². The van der Waals surface area contributed by atoms with Crippen LogP contribution in [0.5, 0.6) is 0 Å². The van der Waals surface area contributed by atoms with E-state index in [9.17, 15) is 4.79 Å². The lowest BCUT2D eigenvalue weighted by Gasteiger charge is -2.11. The molecule has 0 saturated heterocycles. The van der Waals surface area contributed by atoms with E-state index in [0.717, 1.165) is 24.9 Å². The topological polar surface area (TPSA) is 64.4 Å². The van der Waals surface area contributed by atoms with Crippen molar-refractivity contribution >= 4 is 23.1 Å². The first-order valence-electron chi connectivity index (χ1n) is 8.05. The second-order valence-electron chi connectivity index (χ2n) is 6.01. The molecular weight excluding hydrogens is 304 g/mol. The first-order chi connectivity index (χ1) is 11.7. The molecule has 1 N–H and O–H groups in total. The minimum atomic E-state index is -0.384. The second kappa shape index (κ2) is 6.00. The quantitative estimate of drug-likeness (QED) is 0.741. The van der Waals surface area contributed by atoms with Gasteiger partial charge in [0.2, 0.25) is 0 Å². The van der Waals surface area contributed by atoms with Crippen molar-refractivity contribution in [2.24, 2.45) is 0 Å². The molecule has 0 aliphatic heterocycles. The van der Waals surface area contributed by atoms with E-state index in [4.69, 9.17) is 9.15 Å². The van der Waals surface area contributed by atoms with E-state index in [1.165, 1.54) is 18.2 Å². The number of esters is 1. The number of methoxy groups -OCH3 is 1. The van der Waals surface area contributed by atoms with E-state index < -0.39 is 0 Å². The number of hydrogen-bond acceptors (Lipinski definition) is 5. The summed E-state index contributed by atoms with van der Waals surface area (Å²) in [7, 11) is 1.36. The van der Waals surface area contributed by atoms with Gasteiger partial charge in [0.15, 0.2) is 5.58 Å². The summed E-state index contributed by atoms with van der Waals surface area (Å²) in [5.74, 6) is 0.0900. The summed E-state index contributed by atoms with van der Waals surface area (Å²) in [6, 6.07) is 14.2. The van der Waals surface area contributed by atoms with Gasteiger partial charge in [-0.1, -0.05) is 24.3 Å². The molecule has 1 unspecified atom stereocenters. The number of fused-ring (bicyclic) bond motifs is 2. The molecule has 1 aliphatic rings. The first kappa shape index (κ1) is 14.8. The van der Waals surface area contributed by atoms with Crippen molar-refractivity contribution in [1.82, 2.24) is 4.98 Å². The van der Waals surface area contributed by atoms with E-state index in [0.29, 0.717) is 23.1 Å². The van der Waals surface area contributed by atoms with E-state index >= 15 is 0 Å². The smallest absolute Gasteiger partial charge is 0.337 e. The number of anilines is 1. The van der Waals surface area contributed by atoms with Crippen molar-refractivity contribution in [1.29, 1.82) is 0 Å². The van der Waals surface area contributed by atoms with Gasteiger partial charge in [0.1, 0.15) is 5.52 Å². The summed E-state index contributed by atoms with van der Waals surface area (Å²) in [6.45, 7) is 0.785. The predicted octanol–water partition coefficient (Wildman–Crippen LogP) is 3.76. The van der Waals surface area contributed by atoms with Crippen LogP contribution in [0, 0.1) is 0 Å². The lowest BCUT2D eigenvalue weighted by Crippen LogP contribution is -2.10. The van der Waals surface area contributed by atoms with Gasteiger partial charge in [0, 0.05) is 12.5 Å². The Balaban J connectivity index is 1.50. The third kappa shape index (κ3) is 2.62. The average Bonchev–Trinajstić information content (AvgIpc) is 3.22. The molecule has 1 aliphatic carbocycles. The van der Waals surface area contributed by atoms with Crippen molar-refractivity contribution in [3.8, 4) is 0 Å². The molecule has 0 bridgehead atoms. The predicted molar refractivity (Wildman–Crippen MR) is 91.3 cm³/mol. The Kier molecular flexibility index (Phi) is 3.69. The van der Waals surface area contributed by atoms with Gasteiger partial charge < -0.3 is 14.5 Å². The van der Waals surface area contributed by atoms with Gasteiger partial charge in [-0.2, -0.15) is 4.98 Å². The van der Waals surface area contributed by atoms with Gasteiger partial charge in [-0.15, -0.1) is 0 Å². The van der Waals surface area contributed by atoms with Crippen molar-refractivity contribution < 1.29 is 13.9 Å². The van der Waals surface area contributed by atoms with Crippen LogP contribution in [-0.4, -0.2) is 24.6 Å². The highest BCUT2D eigenvalue weighted by molar-refractivity contribution is 5.93. The van der Waals surface area contributed by atoms with Crippen LogP contribution >= 0.6 is 0 Å². The highest BCUT2D eigenvalue weighted by atomic mass is 16.5. The van der Waals surface area contributed by atoms with Gasteiger partial charge in [-0.3, -0.25) is 0 Å². The van der Waals surface area contributed by atoms with Crippen LogP contribution in [0.4, 0.5) is 6.01 Å². The van der Waals surface area contributed by atoms with Crippen LogP contribution in [0.1, 0.15) is 33.8 Å². The molecular formula is C19H18N2O3. The number of carbonyl (C=O) groups excluding carboxylic acids is 1. The fourth-order valence-electron chi connectivity index (χ4n) is 3.31. The second-order valence-corrected chi connectivity index (χ2v) is 6.01. The summed E-state index contributed by atoms with van der Waals surface area (Å²) in [6.07, 6.45) is 2.26. The monoisotopic (exact) mass is 322 g/mol. The SMILES string of the molecule is COC(=O)c1ccc2nc(NCC3CCc4ccccc43)oc2c1. The zero-order valence-electron chi connectivity index (χ0n) is 13.4. The molecule has 4 rings (SSSR count). The molecule has 3 aromatic rings. The zero-order valence-corrected chi connectivity index (χ0v) is 13.4. The van der Waals surface area contributed by atoms with Crippen LogP contribution in [0.3, 0.4) is 0 Å². The molecule has 1 heterocycles. The number of aryl methyl sites for hydroxylation is 1. The third-order valence-electron chi connectivity index (χ3n) is 4.57. The highest BCUT2D eigenvalue weighted by Crippen LogP contribution is 2.33. The molecule has 5 heteroatoms. The Bertz CT molecular complexity index is 901. The van der Waals surface area contributed by atoms with Gasteiger partial charge in [0.25, 0.3) is 6.01 Å². The van der Waals surface area contributed by atoms with Crippen LogP contribution in [0.15, 0.2) is 46.9 Å². The summed E-state index contributed by atoms with van der Waals surface area (Å²) >= 11 is 0. The normalized spacial score (nSPS) is 16.1. The molecule has 0 spiro atoms. The highest BCUT2D eigenvalue weighted by Gasteiger charge is 2.22. The molecule has 1 aromatic heterocycles. The molecule has 0 radical (unpaired) electrons. The molecule has 0 fully saturated rings. The Hall–Kier alpha value is -2.82. The number of ether oxygens (including phenoxy) is 1. The van der Waals surface area contributed by atoms with E-state index in [2.05, 4.69) is 34.6 Å². The molecule has 0 amide bonds. The number of rotatable bonds is 4. The van der Waals surface area contributed by atoms with Crippen LogP contribution < -0.4 is 5.32 Å². The molecule has 0 saturated carbocycles. The van der Waals surface area contributed by atoms with Gasteiger partial charge in [-0.05, 0) is 42.2 Å². The fraction of sp³-hybridized carbons (Fsp3) is 0.263. The minimum Gasteiger partial charge on any atom is -0.465 e. The summed E-state index contributed by atoms with van der Waals surface area (Å²) in [5.41, 5.74) is 4.60. The fourth-order valence-corrected chi connectivity index (χ4v) is 3.31. The molecule has 122 valence electrons. The number of oxazole rings is 1. The van der Waals surface area contributed by atoms with Gasteiger partial charge in [0.05, 0.1) is 12.7 Å². The van der Waals surface area contributed by atoms with E-state index in [1.54, 1.807) is 18.2 Å². The number of nitrogens with one attached hydrogen (secondary N) is 1. The third-order valence-corrected chi connectivity index (χ3v) is 4.57. The number of benzene rings is 2. The summed E-state index contributed by atoms with van der Waals surface area (Å²) < 4.78 is 10.4. The average molecular weight is 322 g/mol. The van der Waals surface area contributed by atoms with Crippen molar-refractivity contribution in [3.05, 3.63) is 59.2 Å².